The highest BCUT2D eigenvalue weighted by molar-refractivity contribution is 6.28. The number of nitrogens with one attached hydrogen (secondary N) is 1. The summed E-state index contributed by atoms with van der Waals surface area (Å²) in [5.41, 5.74) is 0.912. The molecular weight excluding hydrogens is 234 g/mol. The largest absolute Gasteiger partial charge is 0.367 e. The van der Waals surface area contributed by atoms with Crippen LogP contribution in [0.25, 0.3) is 0 Å². The van der Waals surface area contributed by atoms with Gasteiger partial charge >= 0.3 is 0 Å². The van der Waals surface area contributed by atoms with Crippen LogP contribution in [0.3, 0.4) is 0 Å². The molecule has 3 nitrogen and oxygen atoms in total. The number of halogens is 1. The third kappa shape index (κ3) is 3.56. The molecule has 1 aromatic heterocycles. The maximum atomic E-state index is 5.85. The average Bonchev–Trinajstić information content (AvgIpc) is 2.28. The summed E-state index contributed by atoms with van der Waals surface area (Å²) in [6.45, 7) is 4.22. The Kier molecular flexibility index (Phi) is 4.21. The Labute approximate surface area is 108 Å². The van der Waals surface area contributed by atoms with Crippen LogP contribution in [0, 0.1) is 12.8 Å². The second-order valence-corrected chi connectivity index (χ2v) is 5.27. The lowest BCUT2D eigenvalue weighted by Crippen LogP contribution is -2.26. The highest BCUT2D eigenvalue weighted by atomic mass is 35.5. The maximum Gasteiger partial charge on any atom is 0.224 e. The van der Waals surface area contributed by atoms with Gasteiger partial charge in [-0.3, -0.25) is 0 Å². The first kappa shape index (κ1) is 12.6. The number of hydrogen-bond donors (Lipinski definition) is 1. The monoisotopic (exact) mass is 253 g/mol. The van der Waals surface area contributed by atoms with E-state index in [0.29, 0.717) is 11.3 Å². The first-order chi connectivity index (χ1) is 8.17. The van der Waals surface area contributed by atoms with Gasteiger partial charge in [0.1, 0.15) is 5.82 Å². The molecule has 2 rings (SSSR count). The molecule has 0 atom stereocenters. The standard InChI is InChI=1S/C13H20ClN3/c1-3-10-4-6-11(7-5-10)16-12-8-9(2)15-13(14)17-12/h8,10-11H,3-7H2,1-2H3,(H,15,16,17). The van der Waals surface area contributed by atoms with Crippen LogP contribution in [-0.2, 0) is 0 Å². The van der Waals surface area contributed by atoms with Gasteiger partial charge in [-0.2, -0.15) is 0 Å². The quantitative estimate of drug-likeness (QED) is 0.833. The van der Waals surface area contributed by atoms with Crippen LogP contribution in [0.5, 0.6) is 0 Å². The Morgan fingerprint density at radius 2 is 2.00 bits per heavy atom. The molecule has 1 heterocycles. The van der Waals surface area contributed by atoms with Crippen molar-refractivity contribution < 1.29 is 0 Å². The minimum Gasteiger partial charge on any atom is -0.367 e. The van der Waals surface area contributed by atoms with Gasteiger partial charge < -0.3 is 5.32 Å². The molecule has 1 aromatic rings. The topological polar surface area (TPSA) is 37.8 Å². The summed E-state index contributed by atoms with van der Waals surface area (Å²) in [5, 5.41) is 3.80. The van der Waals surface area contributed by atoms with E-state index in [0.717, 1.165) is 17.4 Å². The van der Waals surface area contributed by atoms with Crippen LogP contribution < -0.4 is 5.32 Å². The molecule has 4 heteroatoms. The van der Waals surface area contributed by atoms with Crippen LogP contribution in [0.15, 0.2) is 6.07 Å². The maximum absolute atomic E-state index is 5.85. The molecule has 94 valence electrons. The first-order valence-electron chi connectivity index (χ1n) is 6.45. The van der Waals surface area contributed by atoms with Crippen LogP contribution in [0.1, 0.15) is 44.7 Å². The molecule has 1 N–H and O–H groups in total. The summed E-state index contributed by atoms with van der Waals surface area (Å²) < 4.78 is 0. The summed E-state index contributed by atoms with van der Waals surface area (Å²) >= 11 is 5.85. The van der Waals surface area contributed by atoms with E-state index >= 15 is 0 Å². The van der Waals surface area contributed by atoms with Gasteiger partial charge in [-0.1, -0.05) is 13.3 Å². The van der Waals surface area contributed by atoms with Gasteiger partial charge in [0.25, 0.3) is 0 Å². The van der Waals surface area contributed by atoms with Crippen molar-refractivity contribution >= 4 is 17.4 Å². The Morgan fingerprint density at radius 1 is 1.29 bits per heavy atom. The number of rotatable bonds is 3. The minimum absolute atomic E-state index is 0.328. The van der Waals surface area contributed by atoms with Crippen LogP contribution in [-0.4, -0.2) is 16.0 Å². The third-order valence-corrected chi connectivity index (χ3v) is 3.77. The summed E-state index contributed by atoms with van der Waals surface area (Å²) in [7, 11) is 0. The molecule has 0 radical (unpaired) electrons. The number of nitrogens with zero attached hydrogens (tertiary/aromatic N) is 2. The second-order valence-electron chi connectivity index (χ2n) is 4.93. The van der Waals surface area contributed by atoms with Crippen molar-refractivity contribution in [3.63, 3.8) is 0 Å². The number of aryl methyl sites for hydroxylation is 1. The predicted molar refractivity (Wildman–Crippen MR) is 71.4 cm³/mol. The molecule has 0 unspecified atom stereocenters. The van der Waals surface area contributed by atoms with Gasteiger partial charge in [0.05, 0.1) is 0 Å². The summed E-state index contributed by atoms with van der Waals surface area (Å²) in [6.07, 6.45) is 6.43. The molecule has 1 saturated carbocycles. The molecule has 0 saturated heterocycles. The molecule has 17 heavy (non-hydrogen) atoms. The minimum atomic E-state index is 0.328. The molecule has 1 aliphatic rings. The van der Waals surface area contributed by atoms with E-state index in [4.69, 9.17) is 11.6 Å². The van der Waals surface area contributed by atoms with Crippen molar-refractivity contribution in [3.05, 3.63) is 17.0 Å². The van der Waals surface area contributed by atoms with Crippen molar-refractivity contribution in [2.24, 2.45) is 5.92 Å². The van der Waals surface area contributed by atoms with Gasteiger partial charge in [0.15, 0.2) is 0 Å². The fraction of sp³-hybridized carbons (Fsp3) is 0.692. The van der Waals surface area contributed by atoms with Crippen LogP contribution in [0.2, 0.25) is 5.28 Å². The van der Waals surface area contributed by atoms with Crippen molar-refractivity contribution in [2.45, 2.75) is 52.0 Å². The highest BCUT2D eigenvalue weighted by Gasteiger charge is 2.20. The van der Waals surface area contributed by atoms with Crippen molar-refractivity contribution in [1.29, 1.82) is 0 Å². The molecule has 0 bridgehead atoms. The Morgan fingerprint density at radius 3 is 2.59 bits per heavy atom. The smallest absolute Gasteiger partial charge is 0.224 e. The van der Waals surface area contributed by atoms with E-state index in [9.17, 15) is 0 Å². The van der Waals surface area contributed by atoms with Crippen LogP contribution in [0.4, 0.5) is 5.82 Å². The molecule has 0 aromatic carbocycles. The second kappa shape index (κ2) is 5.67. The van der Waals surface area contributed by atoms with E-state index in [1.807, 2.05) is 13.0 Å². The van der Waals surface area contributed by atoms with Crippen molar-refractivity contribution in [3.8, 4) is 0 Å². The molecule has 0 aliphatic heterocycles. The molecule has 1 fully saturated rings. The summed E-state index contributed by atoms with van der Waals surface area (Å²) in [4.78, 5) is 8.28. The van der Waals surface area contributed by atoms with E-state index in [1.165, 1.54) is 32.1 Å². The Hall–Kier alpha value is -0.830. The normalized spacial score (nSPS) is 24.6. The zero-order valence-electron chi connectivity index (χ0n) is 10.5. The Bertz CT molecular complexity index is 353. The summed E-state index contributed by atoms with van der Waals surface area (Å²) in [6, 6.07) is 2.50. The fourth-order valence-corrected chi connectivity index (χ4v) is 2.75. The predicted octanol–water partition coefficient (Wildman–Crippen LogP) is 3.82. The lowest BCUT2D eigenvalue weighted by atomic mass is 9.84. The third-order valence-electron chi connectivity index (χ3n) is 3.60. The SMILES string of the molecule is CCC1CCC(Nc2cc(C)nc(Cl)n2)CC1. The summed E-state index contributed by atoms with van der Waals surface area (Å²) in [5.74, 6) is 1.78. The zero-order valence-corrected chi connectivity index (χ0v) is 11.3. The molecule has 0 amide bonds. The first-order valence-corrected chi connectivity index (χ1v) is 6.83. The van der Waals surface area contributed by atoms with Crippen LogP contribution >= 0.6 is 11.6 Å². The fourth-order valence-electron chi connectivity index (χ4n) is 2.53. The molecule has 1 aliphatic carbocycles. The lowest BCUT2D eigenvalue weighted by molar-refractivity contribution is 0.330. The molecular formula is C13H20ClN3. The van der Waals surface area contributed by atoms with Crippen molar-refractivity contribution in [2.75, 3.05) is 5.32 Å². The van der Waals surface area contributed by atoms with Gasteiger partial charge in [0, 0.05) is 17.8 Å². The van der Waals surface area contributed by atoms with Gasteiger partial charge in [-0.15, -0.1) is 0 Å². The van der Waals surface area contributed by atoms with Gasteiger partial charge in [-0.25, -0.2) is 9.97 Å². The van der Waals surface area contributed by atoms with E-state index in [2.05, 4.69) is 22.2 Å². The van der Waals surface area contributed by atoms with Gasteiger partial charge in [-0.05, 0) is 50.1 Å². The van der Waals surface area contributed by atoms with E-state index in [1.54, 1.807) is 0 Å². The number of aromatic nitrogens is 2. The van der Waals surface area contributed by atoms with E-state index in [-0.39, 0.29) is 0 Å². The average molecular weight is 254 g/mol. The Balaban J connectivity index is 1.93. The van der Waals surface area contributed by atoms with E-state index < -0.39 is 0 Å². The number of hydrogen-bond acceptors (Lipinski definition) is 3. The van der Waals surface area contributed by atoms with Gasteiger partial charge in [0.2, 0.25) is 5.28 Å². The zero-order chi connectivity index (χ0) is 12.3. The highest BCUT2D eigenvalue weighted by Crippen LogP contribution is 2.28. The lowest BCUT2D eigenvalue weighted by Gasteiger charge is -2.28. The number of anilines is 1. The van der Waals surface area contributed by atoms with Crippen molar-refractivity contribution in [1.82, 2.24) is 9.97 Å². The molecule has 0 spiro atoms.